The normalized spacial score (nSPS) is 21.1. The summed E-state index contributed by atoms with van der Waals surface area (Å²) in [4.78, 5) is 28.9. The molecule has 2 aromatic rings. The van der Waals surface area contributed by atoms with Gasteiger partial charge < -0.3 is 20.4 Å². The third-order valence-electron chi connectivity index (χ3n) is 5.89. The van der Waals surface area contributed by atoms with Crippen LogP contribution in [0.4, 0.5) is 25.0 Å². The molecule has 2 aromatic carbocycles. The molecule has 2 heterocycles. The van der Waals surface area contributed by atoms with E-state index in [9.17, 15) is 18.4 Å². The molecule has 2 aliphatic heterocycles. The highest BCUT2D eigenvalue weighted by Crippen LogP contribution is 2.25. The summed E-state index contributed by atoms with van der Waals surface area (Å²) in [7, 11) is 0. The minimum Gasteiger partial charge on any atom is -0.367 e. The lowest BCUT2D eigenvalue weighted by atomic mass is 9.97. The van der Waals surface area contributed by atoms with Crippen LogP contribution < -0.4 is 15.5 Å². The van der Waals surface area contributed by atoms with E-state index in [0.717, 1.165) is 24.6 Å². The number of halogens is 2. The summed E-state index contributed by atoms with van der Waals surface area (Å²) < 4.78 is 27.2. The number of anilines is 2. The Morgan fingerprint density at radius 1 is 0.968 bits per heavy atom. The highest BCUT2D eigenvalue weighted by molar-refractivity contribution is 5.93. The van der Waals surface area contributed by atoms with Gasteiger partial charge in [0.05, 0.1) is 11.6 Å². The third kappa shape index (κ3) is 5.13. The molecule has 2 unspecified atom stereocenters. The Balaban J connectivity index is 1.30. The van der Waals surface area contributed by atoms with Crippen molar-refractivity contribution in [1.29, 1.82) is 0 Å². The first-order valence-electron chi connectivity index (χ1n) is 10.6. The van der Waals surface area contributed by atoms with Gasteiger partial charge in [-0.2, -0.15) is 0 Å². The van der Waals surface area contributed by atoms with Crippen LogP contribution in [0.25, 0.3) is 0 Å². The number of hydrogen-bond acceptors (Lipinski definition) is 3. The van der Waals surface area contributed by atoms with E-state index in [0.29, 0.717) is 38.3 Å². The topological polar surface area (TPSA) is 64.7 Å². The fourth-order valence-electron chi connectivity index (χ4n) is 4.24. The number of nitrogens with one attached hydrogen (secondary N) is 2. The number of rotatable bonds is 4. The van der Waals surface area contributed by atoms with E-state index in [1.807, 2.05) is 35.2 Å². The molecule has 2 aliphatic rings. The van der Waals surface area contributed by atoms with Crippen LogP contribution in [0.5, 0.6) is 0 Å². The molecule has 2 atom stereocenters. The van der Waals surface area contributed by atoms with Crippen molar-refractivity contribution in [2.75, 3.05) is 36.4 Å². The number of likely N-dealkylation sites (tertiary alicyclic amines) is 1. The van der Waals surface area contributed by atoms with Crippen molar-refractivity contribution < 1.29 is 18.4 Å². The van der Waals surface area contributed by atoms with Crippen LogP contribution in [0.15, 0.2) is 48.5 Å². The Kier molecular flexibility index (Phi) is 6.34. The second kappa shape index (κ2) is 9.32. The van der Waals surface area contributed by atoms with Crippen LogP contribution in [0, 0.1) is 17.6 Å². The molecule has 2 saturated heterocycles. The molecular weight excluding hydrogens is 402 g/mol. The summed E-state index contributed by atoms with van der Waals surface area (Å²) in [5.74, 6) is -1.55. The number of para-hydroxylation sites is 1. The molecule has 2 N–H and O–H groups in total. The lowest BCUT2D eigenvalue weighted by molar-refractivity contribution is -0.121. The Hall–Kier alpha value is -3.16. The molecule has 2 fully saturated rings. The van der Waals surface area contributed by atoms with Gasteiger partial charge >= 0.3 is 6.03 Å². The van der Waals surface area contributed by atoms with Crippen LogP contribution >= 0.6 is 0 Å². The van der Waals surface area contributed by atoms with E-state index in [1.165, 1.54) is 12.1 Å². The van der Waals surface area contributed by atoms with Crippen molar-refractivity contribution in [3.8, 4) is 0 Å². The molecule has 164 valence electrons. The number of urea groups is 1. The van der Waals surface area contributed by atoms with Gasteiger partial charge in [0.15, 0.2) is 0 Å². The van der Waals surface area contributed by atoms with Gasteiger partial charge in [-0.05, 0) is 43.5 Å². The number of piperidine rings is 1. The van der Waals surface area contributed by atoms with Gasteiger partial charge in [0.1, 0.15) is 11.6 Å². The monoisotopic (exact) mass is 428 g/mol. The van der Waals surface area contributed by atoms with E-state index < -0.39 is 11.6 Å². The van der Waals surface area contributed by atoms with Gasteiger partial charge in [-0.15, -0.1) is 0 Å². The lowest BCUT2D eigenvalue weighted by Gasteiger charge is -2.33. The van der Waals surface area contributed by atoms with Crippen molar-refractivity contribution in [2.45, 2.75) is 25.3 Å². The number of carbonyl (C=O) groups is 2. The average molecular weight is 428 g/mol. The maximum atomic E-state index is 14.0. The molecule has 0 aliphatic carbocycles. The number of nitrogens with zero attached hydrogens (tertiary/aromatic N) is 2. The molecule has 0 aromatic heterocycles. The first kappa shape index (κ1) is 21.1. The lowest BCUT2D eigenvalue weighted by Crippen LogP contribution is -2.50. The Morgan fingerprint density at radius 3 is 2.55 bits per heavy atom. The zero-order chi connectivity index (χ0) is 21.8. The summed E-state index contributed by atoms with van der Waals surface area (Å²) >= 11 is 0. The molecule has 3 amide bonds. The molecule has 0 radical (unpaired) electrons. The number of carbonyl (C=O) groups excluding carboxylic acids is 2. The number of benzene rings is 2. The summed E-state index contributed by atoms with van der Waals surface area (Å²) in [6, 6.07) is 12.5. The van der Waals surface area contributed by atoms with Gasteiger partial charge in [-0.1, -0.05) is 18.2 Å². The average Bonchev–Trinajstić information content (AvgIpc) is 3.22. The largest absolute Gasteiger partial charge is 0.367 e. The first-order chi connectivity index (χ1) is 15.0. The van der Waals surface area contributed by atoms with Gasteiger partial charge in [0, 0.05) is 44.0 Å². The van der Waals surface area contributed by atoms with Crippen LogP contribution in [-0.4, -0.2) is 49.1 Å². The second-order valence-corrected chi connectivity index (χ2v) is 8.12. The third-order valence-corrected chi connectivity index (χ3v) is 5.89. The Morgan fingerprint density at radius 2 is 1.77 bits per heavy atom. The molecule has 6 nitrogen and oxygen atoms in total. The molecule has 0 spiro atoms. The van der Waals surface area contributed by atoms with Gasteiger partial charge in [-0.3, -0.25) is 4.79 Å². The minimum atomic E-state index is -0.610. The number of hydrogen-bond donors (Lipinski definition) is 2. The van der Waals surface area contributed by atoms with Crippen molar-refractivity contribution in [2.24, 2.45) is 5.92 Å². The summed E-state index contributed by atoms with van der Waals surface area (Å²) in [5, 5.41) is 5.92. The minimum absolute atomic E-state index is 0.0810. The second-order valence-electron chi connectivity index (χ2n) is 8.12. The Bertz CT molecular complexity index is 940. The van der Waals surface area contributed by atoms with Crippen LogP contribution in [0.3, 0.4) is 0 Å². The number of amides is 3. The van der Waals surface area contributed by atoms with Gasteiger partial charge in [-0.25, -0.2) is 13.6 Å². The quantitative estimate of drug-likeness (QED) is 0.782. The van der Waals surface area contributed by atoms with Crippen LogP contribution in [0.2, 0.25) is 0 Å². The predicted molar refractivity (Wildman–Crippen MR) is 115 cm³/mol. The molecule has 0 bridgehead atoms. The molecule has 31 heavy (non-hydrogen) atoms. The summed E-state index contributed by atoms with van der Waals surface area (Å²) in [6.07, 6.45) is 2.18. The van der Waals surface area contributed by atoms with E-state index in [2.05, 4.69) is 10.6 Å². The van der Waals surface area contributed by atoms with E-state index in [4.69, 9.17) is 0 Å². The van der Waals surface area contributed by atoms with Crippen molar-refractivity contribution in [3.63, 3.8) is 0 Å². The van der Waals surface area contributed by atoms with E-state index >= 15 is 0 Å². The maximum Gasteiger partial charge on any atom is 0.317 e. The molecular formula is C23H26F2N4O2. The first-order valence-corrected chi connectivity index (χ1v) is 10.6. The van der Waals surface area contributed by atoms with Gasteiger partial charge in [0.2, 0.25) is 5.91 Å². The molecule has 4 rings (SSSR count). The standard InChI is InChI=1S/C23H26F2N4O2/c24-17-8-9-21(20(25)13-17)28-12-10-19(15-28)27-23(31)29-11-4-5-16(14-29)22(30)26-18-6-2-1-3-7-18/h1-3,6-9,13,16,19H,4-5,10-12,14-15H2,(H,26,30)(H,27,31). The Labute approximate surface area is 180 Å². The van der Waals surface area contributed by atoms with Crippen molar-refractivity contribution in [3.05, 3.63) is 60.2 Å². The smallest absolute Gasteiger partial charge is 0.317 e. The predicted octanol–water partition coefficient (Wildman–Crippen LogP) is 3.60. The van der Waals surface area contributed by atoms with Crippen LogP contribution in [-0.2, 0) is 4.79 Å². The van der Waals surface area contributed by atoms with Crippen molar-refractivity contribution >= 4 is 23.3 Å². The van der Waals surface area contributed by atoms with E-state index in [-0.39, 0.29) is 23.9 Å². The highest BCUT2D eigenvalue weighted by atomic mass is 19.1. The van der Waals surface area contributed by atoms with Crippen LogP contribution in [0.1, 0.15) is 19.3 Å². The summed E-state index contributed by atoms with van der Waals surface area (Å²) in [5.41, 5.74) is 1.09. The molecule has 8 heteroatoms. The zero-order valence-electron chi connectivity index (χ0n) is 17.2. The fourth-order valence-corrected chi connectivity index (χ4v) is 4.24. The molecule has 0 saturated carbocycles. The fraction of sp³-hybridized carbons (Fsp3) is 0.391. The highest BCUT2D eigenvalue weighted by Gasteiger charge is 2.31. The van der Waals surface area contributed by atoms with Gasteiger partial charge in [0.25, 0.3) is 0 Å². The maximum absolute atomic E-state index is 14.0. The SMILES string of the molecule is O=C(Nc1ccccc1)C1CCCN(C(=O)NC2CCN(c3ccc(F)cc3F)C2)C1. The van der Waals surface area contributed by atoms with E-state index in [1.54, 1.807) is 4.90 Å². The summed E-state index contributed by atoms with van der Waals surface area (Å²) in [6.45, 7) is 2.01. The van der Waals surface area contributed by atoms with Crippen molar-refractivity contribution in [1.82, 2.24) is 10.2 Å². The zero-order valence-corrected chi connectivity index (χ0v) is 17.2.